The molecule has 1 fully saturated rings. The first-order valence-electron chi connectivity index (χ1n) is 5.13. The third-order valence-corrected chi connectivity index (χ3v) is 3.11. The van der Waals surface area contributed by atoms with E-state index in [1.54, 1.807) is 6.07 Å². The Morgan fingerprint density at radius 2 is 1.93 bits per heavy atom. The molecule has 1 aliphatic carbocycles. The van der Waals surface area contributed by atoms with Crippen LogP contribution in [0, 0.1) is 11.6 Å². The van der Waals surface area contributed by atoms with E-state index in [0.29, 0.717) is 0 Å². The second kappa shape index (κ2) is 3.34. The van der Waals surface area contributed by atoms with Crippen LogP contribution in [-0.4, -0.2) is 0 Å². The van der Waals surface area contributed by atoms with E-state index >= 15 is 0 Å². The Morgan fingerprint density at radius 1 is 1.21 bits per heavy atom. The van der Waals surface area contributed by atoms with Crippen LogP contribution in [-0.2, 0) is 5.41 Å². The zero-order valence-corrected chi connectivity index (χ0v) is 8.32. The SMILES string of the molecule is CCCC1(c2ccc(F)c(F)c2)CC1. The third-order valence-electron chi connectivity index (χ3n) is 3.11. The molecule has 0 spiro atoms. The predicted octanol–water partition coefficient (Wildman–Crippen LogP) is 3.80. The molecule has 1 aromatic rings. The summed E-state index contributed by atoms with van der Waals surface area (Å²) in [4.78, 5) is 0. The molecule has 0 heterocycles. The summed E-state index contributed by atoms with van der Waals surface area (Å²) in [7, 11) is 0. The summed E-state index contributed by atoms with van der Waals surface area (Å²) in [6.45, 7) is 2.12. The molecular weight excluding hydrogens is 182 g/mol. The number of halogens is 2. The van der Waals surface area contributed by atoms with E-state index in [4.69, 9.17) is 0 Å². The molecule has 14 heavy (non-hydrogen) atoms. The van der Waals surface area contributed by atoms with E-state index in [0.717, 1.165) is 31.2 Å². The van der Waals surface area contributed by atoms with Gasteiger partial charge in [0.25, 0.3) is 0 Å². The van der Waals surface area contributed by atoms with Gasteiger partial charge in [-0.15, -0.1) is 0 Å². The summed E-state index contributed by atoms with van der Waals surface area (Å²) < 4.78 is 25.7. The van der Waals surface area contributed by atoms with Crippen molar-refractivity contribution < 1.29 is 8.78 Å². The fourth-order valence-corrected chi connectivity index (χ4v) is 2.14. The van der Waals surface area contributed by atoms with E-state index in [-0.39, 0.29) is 5.41 Å². The van der Waals surface area contributed by atoms with Crippen LogP contribution in [0.2, 0.25) is 0 Å². The summed E-state index contributed by atoms with van der Waals surface area (Å²) in [6.07, 6.45) is 4.41. The van der Waals surface area contributed by atoms with E-state index in [9.17, 15) is 8.78 Å². The van der Waals surface area contributed by atoms with Gasteiger partial charge in [0.1, 0.15) is 0 Å². The fraction of sp³-hybridized carbons (Fsp3) is 0.500. The van der Waals surface area contributed by atoms with Gasteiger partial charge in [0, 0.05) is 0 Å². The van der Waals surface area contributed by atoms with Crippen molar-refractivity contribution in [2.45, 2.75) is 38.0 Å². The van der Waals surface area contributed by atoms with Gasteiger partial charge in [-0.1, -0.05) is 19.4 Å². The van der Waals surface area contributed by atoms with Gasteiger partial charge in [-0.3, -0.25) is 0 Å². The van der Waals surface area contributed by atoms with Gasteiger partial charge >= 0.3 is 0 Å². The van der Waals surface area contributed by atoms with Gasteiger partial charge in [0.2, 0.25) is 0 Å². The second-order valence-electron chi connectivity index (χ2n) is 4.16. The predicted molar refractivity (Wildman–Crippen MR) is 52.2 cm³/mol. The monoisotopic (exact) mass is 196 g/mol. The molecule has 0 unspecified atom stereocenters. The molecule has 0 nitrogen and oxygen atoms in total. The molecule has 0 saturated heterocycles. The van der Waals surface area contributed by atoms with Gasteiger partial charge in [0.05, 0.1) is 0 Å². The van der Waals surface area contributed by atoms with E-state index in [1.807, 2.05) is 0 Å². The van der Waals surface area contributed by atoms with E-state index in [1.165, 1.54) is 12.1 Å². The zero-order valence-electron chi connectivity index (χ0n) is 8.32. The van der Waals surface area contributed by atoms with Crippen LogP contribution >= 0.6 is 0 Å². The summed E-state index contributed by atoms with van der Waals surface area (Å²) in [5, 5.41) is 0. The first-order chi connectivity index (χ1) is 6.68. The van der Waals surface area contributed by atoms with Gasteiger partial charge in [-0.05, 0) is 42.4 Å². The minimum absolute atomic E-state index is 0.170. The summed E-state index contributed by atoms with van der Waals surface area (Å²) in [6, 6.07) is 4.32. The highest BCUT2D eigenvalue weighted by atomic mass is 19.2. The minimum Gasteiger partial charge on any atom is -0.204 e. The molecule has 0 bridgehead atoms. The molecule has 1 aliphatic rings. The highest BCUT2D eigenvalue weighted by Gasteiger charge is 2.43. The summed E-state index contributed by atoms with van der Waals surface area (Å²) in [5.41, 5.74) is 1.14. The lowest BCUT2D eigenvalue weighted by molar-refractivity contribution is 0.502. The summed E-state index contributed by atoms with van der Waals surface area (Å²) >= 11 is 0. The van der Waals surface area contributed by atoms with Crippen LogP contribution in [0.15, 0.2) is 18.2 Å². The Labute approximate surface area is 82.9 Å². The van der Waals surface area contributed by atoms with E-state index in [2.05, 4.69) is 6.92 Å². The lowest BCUT2D eigenvalue weighted by Crippen LogP contribution is -2.06. The highest BCUT2D eigenvalue weighted by Crippen LogP contribution is 2.51. The largest absolute Gasteiger partial charge is 0.204 e. The van der Waals surface area contributed by atoms with Gasteiger partial charge in [0.15, 0.2) is 11.6 Å². The van der Waals surface area contributed by atoms with Crippen molar-refractivity contribution in [3.8, 4) is 0 Å². The van der Waals surface area contributed by atoms with Gasteiger partial charge in [-0.25, -0.2) is 8.78 Å². The maximum absolute atomic E-state index is 13.0. The second-order valence-corrected chi connectivity index (χ2v) is 4.16. The molecule has 2 rings (SSSR count). The number of hydrogen-bond acceptors (Lipinski definition) is 0. The molecule has 0 radical (unpaired) electrons. The molecule has 2 heteroatoms. The first-order valence-corrected chi connectivity index (χ1v) is 5.13. The molecule has 0 N–H and O–H groups in total. The van der Waals surface area contributed by atoms with E-state index < -0.39 is 11.6 Å². The molecular formula is C12H14F2. The summed E-state index contributed by atoms with van der Waals surface area (Å²) in [5.74, 6) is -1.47. The Balaban J connectivity index is 2.28. The maximum atomic E-state index is 13.0. The number of rotatable bonds is 3. The lowest BCUT2D eigenvalue weighted by atomic mass is 9.91. The van der Waals surface area contributed by atoms with Crippen molar-refractivity contribution in [1.29, 1.82) is 0 Å². The van der Waals surface area contributed by atoms with Gasteiger partial charge < -0.3 is 0 Å². The average Bonchev–Trinajstić information content (AvgIpc) is 2.91. The molecule has 0 aliphatic heterocycles. The maximum Gasteiger partial charge on any atom is 0.159 e. The normalized spacial score (nSPS) is 18.2. The minimum atomic E-state index is -0.749. The van der Waals surface area contributed by atoms with Crippen molar-refractivity contribution in [3.05, 3.63) is 35.4 Å². The Morgan fingerprint density at radius 3 is 2.43 bits per heavy atom. The van der Waals surface area contributed by atoms with Crippen molar-refractivity contribution in [3.63, 3.8) is 0 Å². The number of hydrogen-bond donors (Lipinski definition) is 0. The van der Waals surface area contributed by atoms with Crippen molar-refractivity contribution in [1.82, 2.24) is 0 Å². The van der Waals surface area contributed by atoms with Crippen LogP contribution in [0.25, 0.3) is 0 Å². The first kappa shape index (κ1) is 9.63. The van der Waals surface area contributed by atoms with Crippen LogP contribution in [0.3, 0.4) is 0 Å². The van der Waals surface area contributed by atoms with Crippen LogP contribution in [0.5, 0.6) is 0 Å². The van der Waals surface area contributed by atoms with Crippen LogP contribution < -0.4 is 0 Å². The van der Waals surface area contributed by atoms with Crippen molar-refractivity contribution in [2.24, 2.45) is 0 Å². The Bertz CT molecular complexity index is 340. The molecule has 0 aromatic heterocycles. The quantitative estimate of drug-likeness (QED) is 0.689. The Hall–Kier alpha value is -0.920. The lowest BCUT2D eigenvalue weighted by Gasteiger charge is -2.14. The van der Waals surface area contributed by atoms with Crippen molar-refractivity contribution in [2.75, 3.05) is 0 Å². The highest BCUT2D eigenvalue weighted by molar-refractivity contribution is 5.31. The fourth-order valence-electron chi connectivity index (χ4n) is 2.14. The molecule has 76 valence electrons. The average molecular weight is 196 g/mol. The number of benzene rings is 1. The molecule has 1 aromatic carbocycles. The molecule has 0 amide bonds. The molecule has 0 atom stereocenters. The smallest absolute Gasteiger partial charge is 0.159 e. The standard InChI is InChI=1S/C12H14F2/c1-2-5-12(6-7-12)9-3-4-10(13)11(14)8-9/h3-4,8H,2,5-7H2,1H3. The third kappa shape index (κ3) is 1.54. The van der Waals surface area contributed by atoms with Crippen molar-refractivity contribution >= 4 is 0 Å². The van der Waals surface area contributed by atoms with Crippen LogP contribution in [0.1, 0.15) is 38.2 Å². The van der Waals surface area contributed by atoms with Crippen LogP contribution in [0.4, 0.5) is 8.78 Å². The topological polar surface area (TPSA) is 0 Å². The van der Waals surface area contributed by atoms with Gasteiger partial charge in [-0.2, -0.15) is 0 Å². The zero-order chi connectivity index (χ0) is 10.2. The molecule has 1 saturated carbocycles. The Kier molecular flexibility index (Phi) is 2.30.